The largest absolute Gasteiger partial charge is 0.381 e. The van der Waals surface area contributed by atoms with E-state index in [1.165, 1.54) is 154 Å². The Balaban J connectivity index is 0.000000141. The second kappa shape index (κ2) is 19.5. The highest BCUT2D eigenvalue weighted by molar-refractivity contribution is 5.96. The molecule has 6 aromatic rings. The van der Waals surface area contributed by atoms with Crippen molar-refractivity contribution in [2.24, 2.45) is 0 Å². The van der Waals surface area contributed by atoms with E-state index in [1.54, 1.807) is 17.2 Å². The van der Waals surface area contributed by atoms with Crippen molar-refractivity contribution in [1.82, 2.24) is 5.32 Å². The minimum atomic E-state index is -0.151. The van der Waals surface area contributed by atoms with Crippen molar-refractivity contribution in [3.63, 3.8) is 0 Å². The van der Waals surface area contributed by atoms with Crippen LogP contribution in [0.5, 0.6) is 0 Å². The fourth-order valence-electron chi connectivity index (χ4n) is 9.47. The van der Waals surface area contributed by atoms with Gasteiger partial charge in [-0.1, -0.05) is 91.3 Å². The van der Waals surface area contributed by atoms with E-state index in [0.717, 1.165) is 30.5 Å². The zero-order valence-electron chi connectivity index (χ0n) is 33.9. The summed E-state index contributed by atoms with van der Waals surface area (Å²) >= 11 is 0. The predicted molar refractivity (Wildman–Crippen MR) is 241 cm³/mol. The van der Waals surface area contributed by atoms with E-state index in [4.69, 9.17) is 0 Å². The van der Waals surface area contributed by atoms with Crippen LogP contribution in [-0.2, 0) is 38.8 Å². The van der Waals surface area contributed by atoms with Gasteiger partial charge in [0.05, 0.1) is 0 Å². The Morgan fingerprint density at radius 2 is 0.965 bits per heavy atom. The van der Waals surface area contributed by atoms with Gasteiger partial charge in [0.15, 0.2) is 0 Å². The molecule has 4 nitrogen and oxygen atoms in total. The summed E-state index contributed by atoms with van der Waals surface area (Å²) in [6.07, 6.45) is 18.2. The Labute approximate surface area is 340 Å². The van der Waals surface area contributed by atoms with E-state index in [0.29, 0.717) is 5.39 Å². The monoisotopic (exact) mass is 760 g/mol. The molecule has 2 saturated heterocycles. The SMILES string of the molecule is C1CCNCC1.Fc1ccc(CNc2cccc3c2CCCC3)c2ccccc12.c1cc2c(c(NCc3ccc(N4CCCCC4)c4ccccc34)c1)CCCC2. The van der Waals surface area contributed by atoms with Crippen LogP contribution in [-0.4, -0.2) is 26.2 Å². The van der Waals surface area contributed by atoms with Crippen molar-refractivity contribution in [1.29, 1.82) is 0 Å². The van der Waals surface area contributed by atoms with Crippen LogP contribution in [0.1, 0.15) is 97.6 Å². The molecule has 0 aromatic heterocycles. The number of halogens is 1. The summed E-state index contributed by atoms with van der Waals surface area (Å²) in [6, 6.07) is 38.1. The number of benzene rings is 6. The molecule has 4 aliphatic rings. The molecule has 10 rings (SSSR count). The fraction of sp³-hybridized carbons (Fsp3) is 0.385. The molecule has 57 heavy (non-hydrogen) atoms. The summed E-state index contributed by atoms with van der Waals surface area (Å²) in [5.74, 6) is -0.151. The smallest absolute Gasteiger partial charge is 0.131 e. The molecule has 2 aliphatic heterocycles. The average molecular weight is 761 g/mol. The number of hydrogen-bond donors (Lipinski definition) is 3. The third-order valence-corrected chi connectivity index (χ3v) is 12.6. The lowest BCUT2D eigenvalue weighted by Crippen LogP contribution is -2.29. The maximum Gasteiger partial charge on any atom is 0.131 e. The number of piperidine rings is 2. The molecule has 0 amide bonds. The number of fused-ring (bicyclic) bond motifs is 4. The van der Waals surface area contributed by atoms with Crippen LogP contribution in [0.25, 0.3) is 21.5 Å². The van der Waals surface area contributed by atoms with Crippen LogP contribution in [0.15, 0.2) is 109 Å². The van der Waals surface area contributed by atoms with Crippen LogP contribution in [0.2, 0.25) is 0 Å². The Morgan fingerprint density at radius 3 is 1.53 bits per heavy atom. The third-order valence-electron chi connectivity index (χ3n) is 12.6. The lowest BCUT2D eigenvalue weighted by Gasteiger charge is -2.30. The van der Waals surface area contributed by atoms with Gasteiger partial charge in [-0.2, -0.15) is 0 Å². The van der Waals surface area contributed by atoms with Gasteiger partial charge in [0.25, 0.3) is 0 Å². The summed E-state index contributed by atoms with van der Waals surface area (Å²) in [5, 5.41) is 15.1. The molecule has 2 fully saturated rings. The Kier molecular flexibility index (Phi) is 13.3. The highest BCUT2D eigenvalue weighted by atomic mass is 19.1. The molecular formula is C52H61FN4. The molecule has 0 saturated carbocycles. The Morgan fingerprint density at radius 1 is 0.456 bits per heavy atom. The fourth-order valence-corrected chi connectivity index (χ4v) is 9.47. The maximum atomic E-state index is 13.9. The average Bonchev–Trinajstić information content (AvgIpc) is 3.29. The van der Waals surface area contributed by atoms with Gasteiger partial charge >= 0.3 is 0 Å². The molecule has 0 atom stereocenters. The van der Waals surface area contributed by atoms with Gasteiger partial charge < -0.3 is 20.9 Å². The van der Waals surface area contributed by atoms with Crippen molar-refractivity contribution >= 4 is 38.6 Å². The maximum absolute atomic E-state index is 13.9. The van der Waals surface area contributed by atoms with E-state index in [9.17, 15) is 4.39 Å². The standard InChI is InChI=1S/C26H30N2.C21H20FN.C5H11N/c1-6-17-28(18-7-1)26-16-15-21(22-11-4-5-13-24(22)26)19-27-25-14-8-10-20-9-2-3-12-23(20)25;22-20-13-12-16(17-8-3-4-10-19(17)20)14-23-21-11-5-7-15-6-1-2-9-18(15)21;1-2-4-6-5-3-1/h4-5,8,10-11,13-16,27H,1-3,6-7,9,12,17-19H2;3-5,7-8,10-13,23H,1-2,6,9,14H2;6H,1-5H2. The number of nitrogens with one attached hydrogen (secondary N) is 3. The van der Waals surface area contributed by atoms with Gasteiger partial charge in [-0.15, -0.1) is 0 Å². The molecule has 5 heteroatoms. The molecule has 0 radical (unpaired) electrons. The lowest BCUT2D eigenvalue weighted by atomic mass is 9.90. The van der Waals surface area contributed by atoms with Gasteiger partial charge in [0, 0.05) is 54.0 Å². The first-order chi connectivity index (χ1) is 28.2. The first kappa shape index (κ1) is 39.0. The summed E-state index contributed by atoms with van der Waals surface area (Å²) in [7, 11) is 0. The minimum absolute atomic E-state index is 0.151. The first-order valence-electron chi connectivity index (χ1n) is 22.0. The predicted octanol–water partition coefficient (Wildman–Crippen LogP) is 12.6. The van der Waals surface area contributed by atoms with Crippen LogP contribution >= 0.6 is 0 Å². The number of hydrogen-bond acceptors (Lipinski definition) is 4. The van der Waals surface area contributed by atoms with Crippen molar-refractivity contribution in [3.05, 3.63) is 148 Å². The molecular weight excluding hydrogens is 700 g/mol. The zero-order chi connectivity index (χ0) is 38.7. The van der Waals surface area contributed by atoms with Gasteiger partial charge in [0.2, 0.25) is 0 Å². The van der Waals surface area contributed by atoms with Gasteiger partial charge in [-0.3, -0.25) is 0 Å². The van der Waals surface area contributed by atoms with Crippen molar-refractivity contribution in [2.45, 2.75) is 103 Å². The van der Waals surface area contributed by atoms with Crippen molar-refractivity contribution in [2.75, 3.05) is 41.7 Å². The van der Waals surface area contributed by atoms with E-state index < -0.39 is 0 Å². The van der Waals surface area contributed by atoms with E-state index in [-0.39, 0.29) is 5.82 Å². The van der Waals surface area contributed by atoms with E-state index in [2.05, 4.69) is 93.6 Å². The minimum Gasteiger partial charge on any atom is -0.381 e. The topological polar surface area (TPSA) is 39.3 Å². The number of anilines is 3. The molecule has 2 aliphatic carbocycles. The van der Waals surface area contributed by atoms with Crippen molar-refractivity contribution in [3.8, 4) is 0 Å². The van der Waals surface area contributed by atoms with E-state index in [1.807, 2.05) is 30.3 Å². The lowest BCUT2D eigenvalue weighted by molar-refractivity contribution is 0.520. The summed E-state index contributed by atoms with van der Waals surface area (Å²) < 4.78 is 13.9. The van der Waals surface area contributed by atoms with Crippen LogP contribution < -0.4 is 20.9 Å². The Hall–Kier alpha value is -4.87. The second-order valence-electron chi connectivity index (χ2n) is 16.4. The van der Waals surface area contributed by atoms with Gasteiger partial charge in [-0.25, -0.2) is 4.39 Å². The quantitative estimate of drug-likeness (QED) is 0.152. The summed E-state index contributed by atoms with van der Waals surface area (Å²) in [6.45, 7) is 6.49. The highest BCUT2D eigenvalue weighted by Crippen LogP contribution is 2.34. The van der Waals surface area contributed by atoms with Gasteiger partial charge in [-0.05, 0) is 165 Å². The molecule has 0 unspecified atom stereocenters. The van der Waals surface area contributed by atoms with Crippen LogP contribution in [0.4, 0.5) is 21.5 Å². The van der Waals surface area contributed by atoms with E-state index >= 15 is 0 Å². The van der Waals surface area contributed by atoms with Crippen molar-refractivity contribution < 1.29 is 4.39 Å². The number of nitrogens with zero attached hydrogens (tertiary/aromatic N) is 1. The first-order valence-corrected chi connectivity index (χ1v) is 22.0. The van der Waals surface area contributed by atoms with Crippen LogP contribution in [0.3, 0.4) is 0 Å². The number of rotatable bonds is 7. The molecule has 296 valence electrons. The van der Waals surface area contributed by atoms with Crippen LogP contribution in [0, 0.1) is 5.82 Å². The normalized spacial score (nSPS) is 16.3. The summed E-state index contributed by atoms with van der Waals surface area (Å²) in [4.78, 5) is 2.58. The molecule has 0 bridgehead atoms. The zero-order valence-corrected chi connectivity index (χ0v) is 33.9. The third kappa shape index (κ3) is 9.64. The molecule has 0 spiro atoms. The molecule has 6 aromatic carbocycles. The number of aryl methyl sites for hydroxylation is 2. The Bertz CT molecular complexity index is 2220. The van der Waals surface area contributed by atoms with Gasteiger partial charge in [0.1, 0.15) is 5.82 Å². The molecule has 3 N–H and O–H groups in total. The summed E-state index contributed by atoms with van der Waals surface area (Å²) in [5.41, 5.74) is 12.5. The second-order valence-corrected chi connectivity index (χ2v) is 16.4. The highest BCUT2D eigenvalue weighted by Gasteiger charge is 2.17. The molecule has 2 heterocycles.